The van der Waals surface area contributed by atoms with Crippen molar-refractivity contribution in [1.29, 1.82) is 0 Å². The van der Waals surface area contributed by atoms with Crippen LogP contribution < -0.4 is 14.8 Å². The molecule has 3 rings (SSSR count). The summed E-state index contributed by atoms with van der Waals surface area (Å²) in [5.41, 5.74) is 2.85. The maximum atomic E-state index is 12.9. The van der Waals surface area contributed by atoms with Crippen molar-refractivity contribution >= 4 is 5.91 Å². The number of aromatic nitrogens is 2. The highest BCUT2D eigenvalue weighted by Crippen LogP contribution is 2.26. The fraction of sp³-hybridized carbons (Fsp3) is 0.304. The van der Waals surface area contributed by atoms with Gasteiger partial charge in [-0.2, -0.15) is 5.10 Å². The van der Waals surface area contributed by atoms with Crippen LogP contribution >= 0.6 is 0 Å². The number of rotatable bonds is 8. The Labute approximate surface area is 171 Å². The molecule has 6 nitrogen and oxygen atoms in total. The number of hydrogen-bond acceptors (Lipinski definition) is 4. The van der Waals surface area contributed by atoms with E-state index in [4.69, 9.17) is 14.6 Å². The molecule has 0 fully saturated rings. The second-order valence-corrected chi connectivity index (χ2v) is 7.20. The summed E-state index contributed by atoms with van der Waals surface area (Å²) in [6.07, 6.45) is 0.922. The Hall–Kier alpha value is -3.28. The van der Waals surface area contributed by atoms with Crippen molar-refractivity contribution in [2.24, 2.45) is 5.92 Å². The number of methoxy groups -OCH3 is 2. The van der Waals surface area contributed by atoms with Gasteiger partial charge in [-0.05, 0) is 54.8 Å². The van der Waals surface area contributed by atoms with Crippen LogP contribution in [0.4, 0.5) is 0 Å². The van der Waals surface area contributed by atoms with Crippen molar-refractivity contribution in [1.82, 2.24) is 15.1 Å². The van der Waals surface area contributed by atoms with Crippen LogP contribution in [0.1, 0.15) is 30.8 Å². The third kappa shape index (κ3) is 4.96. The Balaban J connectivity index is 1.99. The summed E-state index contributed by atoms with van der Waals surface area (Å²) < 4.78 is 12.2. The first-order valence-electron chi connectivity index (χ1n) is 9.69. The first kappa shape index (κ1) is 20.5. The molecular formula is C23H27N3O3. The van der Waals surface area contributed by atoms with E-state index in [9.17, 15) is 4.79 Å². The molecule has 0 aliphatic rings. The zero-order valence-corrected chi connectivity index (χ0v) is 17.3. The topological polar surface area (TPSA) is 65.4 Å². The summed E-state index contributed by atoms with van der Waals surface area (Å²) in [6, 6.07) is 16.9. The lowest BCUT2D eigenvalue weighted by Crippen LogP contribution is -2.27. The molecule has 0 aliphatic heterocycles. The molecule has 0 saturated heterocycles. The van der Waals surface area contributed by atoms with Crippen LogP contribution in [0.15, 0.2) is 54.6 Å². The van der Waals surface area contributed by atoms with E-state index in [1.54, 1.807) is 18.9 Å². The quantitative estimate of drug-likeness (QED) is 0.619. The number of nitrogens with zero attached hydrogens (tertiary/aromatic N) is 2. The first-order chi connectivity index (χ1) is 14.0. The van der Waals surface area contributed by atoms with Crippen molar-refractivity contribution in [3.8, 4) is 28.4 Å². The summed E-state index contributed by atoms with van der Waals surface area (Å²) in [5, 5.41) is 7.71. The van der Waals surface area contributed by atoms with E-state index < -0.39 is 0 Å². The van der Waals surface area contributed by atoms with Crippen LogP contribution in [-0.2, 0) is 0 Å². The highest BCUT2D eigenvalue weighted by molar-refractivity contribution is 5.94. The van der Waals surface area contributed by atoms with Gasteiger partial charge in [0.05, 0.1) is 25.6 Å². The maximum absolute atomic E-state index is 12.9. The Morgan fingerprint density at radius 3 is 2.41 bits per heavy atom. The Kier molecular flexibility index (Phi) is 6.54. The molecule has 1 aromatic heterocycles. The molecule has 3 aromatic rings. The average molecular weight is 393 g/mol. The van der Waals surface area contributed by atoms with Crippen LogP contribution in [0.3, 0.4) is 0 Å². The van der Waals surface area contributed by atoms with Crippen LogP contribution in [0.5, 0.6) is 11.5 Å². The van der Waals surface area contributed by atoms with E-state index in [0.29, 0.717) is 23.9 Å². The molecule has 0 radical (unpaired) electrons. The molecule has 2 aromatic carbocycles. The van der Waals surface area contributed by atoms with E-state index in [1.807, 2.05) is 54.6 Å². The Bertz CT molecular complexity index is 962. The molecule has 1 heterocycles. The van der Waals surface area contributed by atoms with Gasteiger partial charge in [-0.25, -0.2) is 4.68 Å². The summed E-state index contributed by atoms with van der Waals surface area (Å²) in [7, 11) is 3.25. The molecule has 0 spiro atoms. The lowest BCUT2D eigenvalue weighted by Gasteiger charge is -2.10. The van der Waals surface area contributed by atoms with E-state index in [-0.39, 0.29) is 5.91 Å². The normalized spacial score (nSPS) is 10.8. The molecule has 0 aliphatic carbocycles. The second kappa shape index (κ2) is 9.28. The van der Waals surface area contributed by atoms with E-state index in [1.165, 1.54) is 0 Å². The molecule has 0 atom stereocenters. The monoisotopic (exact) mass is 393 g/mol. The lowest BCUT2D eigenvalue weighted by atomic mass is 10.1. The zero-order chi connectivity index (χ0) is 20.8. The molecule has 29 heavy (non-hydrogen) atoms. The van der Waals surface area contributed by atoms with Crippen LogP contribution in [0.25, 0.3) is 16.9 Å². The number of ether oxygens (including phenoxy) is 2. The number of carbonyl (C=O) groups is 1. The van der Waals surface area contributed by atoms with Gasteiger partial charge in [0.15, 0.2) is 0 Å². The first-order valence-corrected chi connectivity index (χ1v) is 9.69. The number of hydrogen-bond donors (Lipinski definition) is 1. The molecule has 1 amide bonds. The third-order valence-corrected chi connectivity index (χ3v) is 4.63. The minimum Gasteiger partial charge on any atom is -0.497 e. The van der Waals surface area contributed by atoms with Gasteiger partial charge in [-0.15, -0.1) is 0 Å². The lowest BCUT2D eigenvalue weighted by molar-refractivity contribution is 0.0944. The van der Waals surface area contributed by atoms with Crippen LogP contribution in [0, 0.1) is 5.92 Å². The van der Waals surface area contributed by atoms with Gasteiger partial charge in [0.1, 0.15) is 17.2 Å². The molecule has 152 valence electrons. The molecule has 0 unspecified atom stereocenters. The van der Waals surface area contributed by atoms with Gasteiger partial charge < -0.3 is 14.8 Å². The SMILES string of the molecule is COc1ccc(-n2nc(-c3cccc(OC)c3)cc2C(=O)NCCC(C)C)cc1. The Morgan fingerprint density at radius 1 is 1.03 bits per heavy atom. The van der Waals surface area contributed by atoms with Crippen molar-refractivity contribution in [3.05, 3.63) is 60.3 Å². The molecule has 1 N–H and O–H groups in total. The van der Waals surface area contributed by atoms with Crippen molar-refractivity contribution < 1.29 is 14.3 Å². The van der Waals surface area contributed by atoms with Crippen LogP contribution in [0.2, 0.25) is 0 Å². The third-order valence-electron chi connectivity index (χ3n) is 4.63. The van der Waals surface area contributed by atoms with Gasteiger partial charge in [0.2, 0.25) is 0 Å². The highest BCUT2D eigenvalue weighted by Gasteiger charge is 2.18. The minimum absolute atomic E-state index is 0.150. The Morgan fingerprint density at radius 2 is 1.76 bits per heavy atom. The number of carbonyl (C=O) groups excluding carboxylic acids is 1. The fourth-order valence-corrected chi connectivity index (χ4v) is 2.95. The standard InChI is InChI=1S/C23H27N3O3/c1-16(2)12-13-24-23(27)22-15-21(17-6-5-7-20(14-17)29-4)25-26(22)18-8-10-19(28-3)11-9-18/h5-11,14-16H,12-13H2,1-4H3,(H,24,27). The summed E-state index contributed by atoms with van der Waals surface area (Å²) in [4.78, 5) is 12.9. The molecule has 6 heteroatoms. The number of benzene rings is 2. The highest BCUT2D eigenvalue weighted by atomic mass is 16.5. The zero-order valence-electron chi connectivity index (χ0n) is 17.3. The van der Waals surface area contributed by atoms with Crippen molar-refractivity contribution in [2.75, 3.05) is 20.8 Å². The van der Waals surface area contributed by atoms with Crippen molar-refractivity contribution in [2.45, 2.75) is 20.3 Å². The maximum Gasteiger partial charge on any atom is 0.270 e. The van der Waals surface area contributed by atoms with E-state index in [2.05, 4.69) is 19.2 Å². The molecule has 0 saturated carbocycles. The van der Waals surface area contributed by atoms with Gasteiger partial charge in [-0.1, -0.05) is 26.0 Å². The summed E-state index contributed by atoms with van der Waals surface area (Å²) >= 11 is 0. The van der Waals surface area contributed by atoms with E-state index >= 15 is 0 Å². The van der Waals surface area contributed by atoms with Gasteiger partial charge in [0, 0.05) is 12.1 Å². The van der Waals surface area contributed by atoms with Gasteiger partial charge in [-0.3, -0.25) is 4.79 Å². The minimum atomic E-state index is -0.150. The van der Waals surface area contributed by atoms with Crippen LogP contribution in [-0.4, -0.2) is 36.5 Å². The number of nitrogens with one attached hydrogen (secondary N) is 1. The molecule has 0 bridgehead atoms. The summed E-state index contributed by atoms with van der Waals surface area (Å²) in [5.74, 6) is 1.86. The van der Waals surface area contributed by atoms with E-state index in [0.717, 1.165) is 29.2 Å². The predicted octanol–water partition coefficient (Wildman–Crippen LogP) is 4.33. The predicted molar refractivity (Wildman–Crippen MR) is 114 cm³/mol. The fourth-order valence-electron chi connectivity index (χ4n) is 2.95. The largest absolute Gasteiger partial charge is 0.497 e. The second-order valence-electron chi connectivity index (χ2n) is 7.20. The van der Waals surface area contributed by atoms with Crippen molar-refractivity contribution in [3.63, 3.8) is 0 Å². The van der Waals surface area contributed by atoms with Gasteiger partial charge in [0.25, 0.3) is 5.91 Å². The number of amides is 1. The average Bonchev–Trinajstić information content (AvgIpc) is 3.19. The summed E-state index contributed by atoms with van der Waals surface area (Å²) in [6.45, 7) is 4.89. The van der Waals surface area contributed by atoms with Gasteiger partial charge >= 0.3 is 0 Å². The smallest absolute Gasteiger partial charge is 0.270 e. The molecular weight excluding hydrogens is 366 g/mol.